The van der Waals surface area contributed by atoms with Gasteiger partial charge in [-0.25, -0.2) is 0 Å². The number of rotatable bonds is 5. The minimum absolute atomic E-state index is 0.0454. The monoisotopic (exact) mass is 352 g/mol. The zero-order valence-corrected chi connectivity index (χ0v) is 15.8. The number of carbonyl (C=O) groups is 1. The molecule has 1 aliphatic rings. The molecule has 1 amide bonds. The van der Waals surface area contributed by atoms with Crippen molar-refractivity contribution >= 4 is 5.91 Å². The molecule has 2 aromatic carbocycles. The Morgan fingerprint density at radius 2 is 1.42 bits per heavy atom. The Morgan fingerprint density at radius 1 is 0.962 bits per heavy atom. The summed E-state index contributed by atoms with van der Waals surface area (Å²) in [6, 6.07) is 19.9. The zero-order valence-electron chi connectivity index (χ0n) is 15.8. The molecule has 1 N–H and O–H groups in total. The lowest BCUT2D eigenvalue weighted by Gasteiger charge is -2.38. The van der Waals surface area contributed by atoms with Gasteiger partial charge in [-0.2, -0.15) is 0 Å². The molecule has 0 bridgehead atoms. The molecule has 1 fully saturated rings. The highest BCUT2D eigenvalue weighted by Gasteiger charge is 2.30. The lowest BCUT2D eigenvalue weighted by molar-refractivity contribution is -0.132. The molecule has 26 heavy (non-hydrogen) atoms. The van der Waals surface area contributed by atoms with Gasteiger partial charge in [0.05, 0.1) is 24.3 Å². The second-order valence-electron chi connectivity index (χ2n) is 7.15. The van der Waals surface area contributed by atoms with Gasteiger partial charge in [0.1, 0.15) is 0 Å². The first-order chi connectivity index (χ1) is 12.5. The average Bonchev–Trinajstić information content (AvgIpc) is 2.66. The van der Waals surface area contributed by atoms with E-state index >= 15 is 0 Å². The van der Waals surface area contributed by atoms with Gasteiger partial charge >= 0.3 is 0 Å². The molecule has 0 aliphatic carbocycles. The number of benzene rings is 2. The quantitative estimate of drug-likeness (QED) is 0.897. The number of nitrogens with one attached hydrogen (secondary N) is 1. The van der Waals surface area contributed by atoms with Crippen molar-refractivity contribution in [1.82, 2.24) is 10.2 Å². The van der Waals surface area contributed by atoms with Gasteiger partial charge in [0.25, 0.3) is 0 Å². The maximum absolute atomic E-state index is 13.0. The predicted molar refractivity (Wildman–Crippen MR) is 104 cm³/mol. The summed E-state index contributed by atoms with van der Waals surface area (Å²) in [4.78, 5) is 15.2. The summed E-state index contributed by atoms with van der Waals surface area (Å²) >= 11 is 0. The Kier molecular flexibility index (Phi) is 6.07. The molecule has 4 nitrogen and oxygen atoms in total. The summed E-state index contributed by atoms with van der Waals surface area (Å²) in [5, 5.41) is 3.25. The van der Waals surface area contributed by atoms with Gasteiger partial charge in [-0.3, -0.25) is 9.69 Å². The van der Waals surface area contributed by atoms with Crippen LogP contribution >= 0.6 is 0 Å². The van der Waals surface area contributed by atoms with Crippen LogP contribution in [-0.4, -0.2) is 42.1 Å². The zero-order chi connectivity index (χ0) is 18.5. The Labute approximate surface area is 156 Å². The fourth-order valence-electron chi connectivity index (χ4n) is 3.61. The van der Waals surface area contributed by atoms with Gasteiger partial charge in [-0.1, -0.05) is 60.7 Å². The summed E-state index contributed by atoms with van der Waals surface area (Å²) in [5.74, 6) is 0.0454. The van der Waals surface area contributed by atoms with E-state index in [9.17, 15) is 4.79 Å². The number of hydrogen-bond donors (Lipinski definition) is 1. The van der Waals surface area contributed by atoms with E-state index in [1.807, 2.05) is 43.3 Å². The molecule has 138 valence electrons. The molecule has 0 spiro atoms. The van der Waals surface area contributed by atoms with Crippen LogP contribution in [0, 0.1) is 0 Å². The van der Waals surface area contributed by atoms with Gasteiger partial charge in [-0.05, 0) is 31.9 Å². The highest BCUT2D eigenvalue weighted by molar-refractivity contribution is 5.82. The van der Waals surface area contributed by atoms with Crippen LogP contribution in [0.25, 0.3) is 0 Å². The van der Waals surface area contributed by atoms with E-state index in [2.05, 4.69) is 48.3 Å². The number of hydrogen-bond acceptors (Lipinski definition) is 3. The van der Waals surface area contributed by atoms with Crippen molar-refractivity contribution in [3.8, 4) is 0 Å². The Balaban J connectivity index is 1.77. The third kappa shape index (κ3) is 4.51. The van der Waals surface area contributed by atoms with Gasteiger partial charge in [-0.15, -0.1) is 0 Å². The summed E-state index contributed by atoms with van der Waals surface area (Å²) < 4.78 is 5.79. The Hall–Kier alpha value is -2.17. The molecule has 3 atom stereocenters. The van der Waals surface area contributed by atoms with Crippen LogP contribution in [0.1, 0.15) is 37.9 Å². The van der Waals surface area contributed by atoms with Crippen molar-refractivity contribution in [1.29, 1.82) is 0 Å². The van der Waals surface area contributed by atoms with Crippen molar-refractivity contribution in [3.63, 3.8) is 0 Å². The fourth-order valence-corrected chi connectivity index (χ4v) is 3.61. The highest BCUT2D eigenvalue weighted by Crippen LogP contribution is 2.22. The van der Waals surface area contributed by atoms with Crippen LogP contribution < -0.4 is 5.32 Å². The Morgan fingerprint density at radius 3 is 1.88 bits per heavy atom. The minimum Gasteiger partial charge on any atom is -0.373 e. The number of nitrogens with zero attached hydrogens (tertiary/aromatic N) is 1. The molecule has 1 heterocycles. The maximum Gasteiger partial charge on any atom is 0.237 e. The molecule has 2 aromatic rings. The second-order valence-corrected chi connectivity index (χ2v) is 7.15. The molecule has 1 aliphatic heterocycles. The third-order valence-electron chi connectivity index (χ3n) is 4.93. The second kappa shape index (κ2) is 8.47. The molecule has 0 saturated carbocycles. The summed E-state index contributed by atoms with van der Waals surface area (Å²) in [5.41, 5.74) is 2.17. The van der Waals surface area contributed by atoms with Crippen molar-refractivity contribution in [2.75, 3.05) is 13.1 Å². The van der Waals surface area contributed by atoms with Gasteiger partial charge in [0.15, 0.2) is 0 Å². The lowest BCUT2D eigenvalue weighted by Crippen LogP contribution is -2.54. The third-order valence-corrected chi connectivity index (χ3v) is 4.93. The average molecular weight is 352 g/mol. The van der Waals surface area contributed by atoms with Crippen LogP contribution in [-0.2, 0) is 9.53 Å². The maximum atomic E-state index is 13.0. The standard InChI is InChI=1S/C22H28N2O2/c1-16-14-24(15-17(2)26-16)18(3)22(25)23-21(19-10-6-4-7-11-19)20-12-8-5-9-13-20/h4-13,16-18,21H,14-15H2,1-3H3,(H,23,25)/t16-,17-,18-/m0/s1. The number of morpholine rings is 1. The topological polar surface area (TPSA) is 41.6 Å². The van der Waals surface area contributed by atoms with Crippen LogP contribution in [0.3, 0.4) is 0 Å². The van der Waals surface area contributed by atoms with Crippen molar-refractivity contribution in [2.45, 2.75) is 45.1 Å². The van der Waals surface area contributed by atoms with E-state index < -0.39 is 0 Å². The number of carbonyl (C=O) groups excluding carboxylic acids is 1. The van der Waals surface area contributed by atoms with Crippen molar-refractivity contribution in [3.05, 3.63) is 71.8 Å². The van der Waals surface area contributed by atoms with E-state index in [0.29, 0.717) is 0 Å². The van der Waals surface area contributed by atoms with Crippen molar-refractivity contribution in [2.24, 2.45) is 0 Å². The largest absolute Gasteiger partial charge is 0.373 e. The van der Waals surface area contributed by atoms with Gasteiger partial charge in [0, 0.05) is 13.1 Å². The minimum atomic E-state index is -0.196. The lowest BCUT2D eigenvalue weighted by atomic mass is 9.98. The van der Waals surface area contributed by atoms with Crippen LogP contribution in [0.4, 0.5) is 0 Å². The van der Waals surface area contributed by atoms with Crippen LogP contribution in [0.15, 0.2) is 60.7 Å². The summed E-state index contributed by atoms with van der Waals surface area (Å²) in [6.45, 7) is 7.65. The predicted octanol–water partition coefficient (Wildman–Crippen LogP) is 3.39. The fraction of sp³-hybridized carbons (Fsp3) is 0.409. The van der Waals surface area contributed by atoms with Crippen molar-refractivity contribution < 1.29 is 9.53 Å². The summed E-state index contributed by atoms with van der Waals surface area (Å²) in [7, 11) is 0. The summed E-state index contributed by atoms with van der Waals surface area (Å²) in [6.07, 6.45) is 0.293. The first kappa shape index (κ1) is 18.6. The first-order valence-electron chi connectivity index (χ1n) is 9.34. The van der Waals surface area contributed by atoms with E-state index in [1.54, 1.807) is 0 Å². The Bertz CT molecular complexity index is 655. The molecule has 0 radical (unpaired) electrons. The molecule has 0 aromatic heterocycles. The van der Waals surface area contributed by atoms with E-state index in [-0.39, 0.29) is 30.2 Å². The SMILES string of the molecule is C[C@H]1CN([C@@H](C)C(=O)NC(c2ccccc2)c2ccccc2)C[C@H](C)O1. The van der Waals surface area contributed by atoms with Crippen LogP contribution in [0.5, 0.6) is 0 Å². The molecule has 4 heteroatoms. The molecule has 0 unspecified atom stereocenters. The molecule has 3 rings (SSSR count). The molecule has 1 saturated heterocycles. The van der Waals surface area contributed by atoms with Crippen LogP contribution in [0.2, 0.25) is 0 Å². The number of ether oxygens (including phenoxy) is 1. The molecular weight excluding hydrogens is 324 g/mol. The molecular formula is C22H28N2O2. The van der Waals surface area contributed by atoms with Gasteiger partial charge < -0.3 is 10.1 Å². The normalized spacial score (nSPS) is 22.2. The van der Waals surface area contributed by atoms with E-state index in [0.717, 1.165) is 24.2 Å². The van der Waals surface area contributed by atoms with Gasteiger partial charge in [0.2, 0.25) is 5.91 Å². The van der Waals surface area contributed by atoms with E-state index in [1.165, 1.54) is 0 Å². The van der Waals surface area contributed by atoms with E-state index in [4.69, 9.17) is 4.74 Å². The highest BCUT2D eigenvalue weighted by atomic mass is 16.5. The first-order valence-corrected chi connectivity index (χ1v) is 9.34. The smallest absolute Gasteiger partial charge is 0.237 e. The number of amides is 1.